The third kappa shape index (κ3) is 5.36. The number of carbonyl (C=O) groups excluding carboxylic acids is 1. The number of nitrogens with two attached hydrogens (primary N) is 1. The van der Waals surface area contributed by atoms with E-state index in [0.29, 0.717) is 23.0 Å². The third-order valence-corrected chi connectivity index (χ3v) is 3.64. The standard InChI is InChI=1S/C14H20ClN3O2.ClH/c1-20-13-5-4-11(7-12(13)15)17-14(19)9-18-6-2-3-10(16)8-18;/h4-5,7,10H,2-3,6,8-9,16H2,1H3,(H,17,19);1H/t10-;/m1./s1. The van der Waals surface area contributed by atoms with Crippen molar-refractivity contribution in [3.05, 3.63) is 23.2 Å². The zero-order chi connectivity index (χ0) is 14.5. The summed E-state index contributed by atoms with van der Waals surface area (Å²) in [4.78, 5) is 14.1. The summed E-state index contributed by atoms with van der Waals surface area (Å²) >= 11 is 6.02. The number of hydrogen-bond acceptors (Lipinski definition) is 4. The lowest BCUT2D eigenvalue weighted by molar-refractivity contribution is -0.117. The number of likely N-dealkylation sites (tertiary alicyclic amines) is 1. The average molecular weight is 334 g/mol. The van der Waals surface area contributed by atoms with Gasteiger partial charge in [0, 0.05) is 18.3 Å². The minimum Gasteiger partial charge on any atom is -0.495 e. The Balaban J connectivity index is 0.00000220. The molecule has 0 bridgehead atoms. The molecule has 0 aliphatic carbocycles. The van der Waals surface area contributed by atoms with Gasteiger partial charge in [-0.15, -0.1) is 12.4 Å². The summed E-state index contributed by atoms with van der Waals surface area (Å²) in [7, 11) is 1.55. The van der Waals surface area contributed by atoms with Gasteiger partial charge in [-0.2, -0.15) is 0 Å². The molecule has 7 heteroatoms. The van der Waals surface area contributed by atoms with Crippen molar-refractivity contribution in [2.45, 2.75) is 18.9 Å². The molecule has 1 aliphatic heterocycles. The Bertz CT molecular complexity index is 485. The summed E-state index contributed by atoms with van der Waals surface area (Å²) in [6, 6.07) is 5.35. The van der Waals surface area contributed by atoms with E-state index in [9.17, 15) is 4.79 Å². The van der Waals surface area contributed by atoms with E-state index < -0.39 is 0 Å². The molecule has 118 valence electrons. The largest absolute Gasteiger partial charge is 0.495 e. The smallest absolute Gasteiger partial charge is 0.238 e. The van der Waals surface area contributed by atoms with Gasteiger partial charge >= 0.3 is 0 Å². The maximum absolute atomic E-state index is 12.0. The second kappa shape index (κ2) is 8.44. The summed E-state index contributed by atoms with van der Waals surface area (Å²) in [6.07, 6.45) is 2.08. The van der Waals surface area contributed by atoms with Crippen LogP contribution in [-0.4, -0.2) is 43.6 Å². The monoisotopic (exact) mass is 333 g/mol. The predicted molar refractivity (Wildman–Crippen MR) is 87.5 cm³/mol. The van der Waals surface area contributed by atoms with Crippen LogP contribution in [0.5, 0.6) is 5.75 Å². The van der Waals surface area contributed by atoms with Gasteiger partial charge in [0.05, 0.1) is 18.7 Å². The molecule has 1 saturated heterocycles. The fraction of sp³-hybridized carbons (Fsp3) is 0.500. The van der Waals surface area contributed by atoms with E-state index in [1.807, 2.05) is 0 Å². The van der Waals surface area contributed by atoms with Crippen molar-refractivity contribution in [1.82, 2.24) is 4.90 Å². The Labute approximate surface area is 136 Å². The van der Waals surface area contributed by atoms with Gasteiger partial charge in [-0.25, -0.2) is 0 Å². The number of hydrogen-bond donors (Lipinski definition) is 2. The highest BCUT2D eigenvalue weighted by Gasteiger charge is 2.18. The van der Waals surface area contributed by atoms with E-state index in [-0.39, 0.29) is 24.4 Å². The number of amides is 1. The van der Waals surface area contributed by atoms with Crippen LogP contribution in [0.25, 0.3) is 0 Å². The Morgan fingerprint density at radius 2 is 2.33 bits per heavy atom. The molecule has 0 aromatic heterocycles. The third-order valence-electron chi connectivity index (χ3n) is 3.34. The first kappa shape index (κ1) is 18.0. The van der Waals surface area contributed by atoms with E-state index in [2.05, 4.69) is 10.2 Å². The van der Waals surface area contributed by atoms with Crippen LogP contribution >= 0.6 is 24.0 Å². The molecular weight excluding hydrogens is 313 g/mol. The molecule has 0 radical (unpaired) electrons. The first-order valence-corrected chi connectivity index (χ1v) is 7.07. The summed E-state index contributed by atoms with van der Waals surface area (Å²) in [5, 5.41) is 3.31. The van der Waals surface area contributed by atoms with Crippen LogP contribution in [0.2, 0.25) is 5.02 Å². The summed E-state index contributed by atoms with van der Waals surface area (Å²) in [5.74, 6) is 0.534. The first-order valence-electron chi connectivity index (χ1n) is 6.70. The maximum Gasteiger partial charge on any atom is 0.238 e. The molecule has 5 nitrogen and oxygen atoms in total. The number of methoxy groups -OCH3 is 1. The summed E-state index contributed by atoms with van der Waals surface area (Å²) < 4.78 is 5.07. The molecule has 0 unspecified atom stereocenters. The van der Waals surface area contributed by atoms with E-state index in [0.717, 1.165) is 25.9 Å². The molecule has 1 atom stereocenters. The fourth-order valence-electron chi connectivity index (χ4n) is 2.38. The molecule has 2 rings (SSSR count). The minimum absolute atomic E-state index is 0. The van der Waals surface area contributed by atoms with Crippen molar-refractivity contribution in [3.63, 3.8) is 0 Å². The normalized spacial score (nSPS) is 18.7. The van der Waals surface area contributed by atoms with Crippen molar-refractivity contribution >= 4 is 35.6 Å². The van der Waals surface area contributed by atoms with Gasteiger partial charge in [-0.1, -0.05) is 11.6 Å². The van der Waals surface area contributed by atoms with Crippen molar-refractivity contribution in [1.29, 1.82) is 0 Å². The van der Waals surface area contributed by atoms with Crippen LogP contribution < -0.4 is 15.8 Å². The average Bonchev–Trinajstić information content (AvgIpc) is 2.38. The molecule has 21 heavy (non-hydrogen) atoms. The van der Waals surface area contributed by atoms with Crippen LogP contribution in [0.15, 0.2) is 18.2 Å². The van der Waals surface area contributed by atoms with Crippen LogP contribution in [0.4, 0.5) is 5.69 Å². The zero-order valence-electron chi connectivity index (χ0n) is 12.0. The van der Waals surface area contributed by atoms with Gasteiger partial charge in [0.2, 0.25) is 5.91 Å². The van der Waals surface area contributed by atoms with E-state index in [4.69, 9.17) is 22.1 Å². The van der Waals surface area contributed by atoms with Crippen LogP contribution in [-0.2, 0) is 4.79 Å². The lowest BCUT2D eigenvalue weighted by atomic mass is 10.1. The van der Waals surface area contributed by atoms with Gasteiger partial charge in [-0.05, 0) is 37.6 Å². The number of nitrogens with one attached hydrogen (secondary N) is 1. The maximum atomic E-state index is 12.0. The Kier molecular flexibility index (Phi) is 7.25. The van der Waals surface area contributed by atoms with Crippen molar-refractivity contribution in [3.8, 4) is 5.75 Å². The van der Waals surface area contributed by atoms with Crippen LogP contribution in [0, 0.1) is 0 Å². The number of benzene rings is 1. The highest BCUT2D eigenvalue weighted by Crippen LogP contribution is 2.27. The summed E-state index contributed by atoms with van der Waals surface area (Å²) in [5.41, 5.74) is 6.57. The SMILES string of the molecule is COc1ccc(NC(=O)CN2CCC[C@@H](N)C2)cc1Cl.Cl. The first-order chi connectivity index (χ1) is 9.58. The highest BCUT2D eigenvalue weighted by atomic mass is 35.5. The number of anilines is 1. The van der Waals surface area contributed by atoms with Crippen LogP contribution in [0.1, 0.15) is 12.8 Å². The molecule has 1 aromatic rings. The van der Waals surface area contributed by atoms with Crippen molar-refractivity contribution in [2.24, 2.45) is 5.73 Å². The molecule has 1 fully saturated rings. The Hall–Kier alpha value is -1.01. The summed E-state index contributed by atoms with van der Waals surface area (Å²) in [6.45, 7) is 2.05. The van der Waals surface area contributed by atoms with E-state index in [1.54, 1.807) is 25.3 Å². The lowest BCUT2D eigenvalue weighted by Gasteiger charge is -2.29. The quantitative estimate of drug-likeness (QED) is 0.885. The predicted octanol–water partition coefficient (Wildman–Crippen LogP) is 2.13. The van der Waals surface area contributed by atoms with Gasteiger partial charge in [0.1, 0.15) is 5.75 Å². The Morgan fingerprint density at radius 1 is 1.57 bits per heavy atom. The molecular formula is C14H21Cl2N3O2. The number of rotatable bonds is 4. The second-order valence-corrected chi connectivity index (χ2v) is 5.44. The van der Waals surface area contributed by atoms with Crippen LogP contribution in [0.3, 0.4) is 0 Å². The zero-order valence-corrected chi connectivity index (χ0v) is 13.5. The fourth-order valence-corrected chi connectivity index (χ4v) is 2.64. The number of nitrogens with zero attached hydrogens (tertiary/aromatic N) is 1. The molecule has 1 aliphatic rings. The van der Waals surface area contributed by atoms with Gasteiger partial charge in [0.25, 0.3) is 0 Å². The van der Waals surface area contributed by atoms with Crippen molar-refractivity contribution < 1.29 is 9.53 Å². The second-order valence-electron chi connectivity index (χ2n) is 5.03. The molecule has 3 N–H and O–H groups in total. The van der Waals surface area contributed by atoms with Gasteiger partial charge in [-0.3, -0.25) is 9.69 Å². The molecule has 0 saturated carbocycles. The minimum atomic E-state index is -0.0552. The van der Waals surface area contributed by atoms with Gasteiger partial charge in [0.15, 0.2) is 0 Å². The van der Waals surface area contributed by atoms with Crippen molar-refractivity contribution in [2.75, 3.05) is 32.1 Å². The number of carbonyl (C=O) groups is 1. The molecule has 0 spiro atoms. The lowest BCUT2D eigenvalue weighted by Crippen LogP contribution is -2.45. The van der Waals surface area contributed by atoms with E-state index >= 15 is 0 Å². The number of halogens is 2. The molecule has 1 amide bonds. The van der Waals surface area contributed by atoms with E-state index in [1.165, 1.54) is 0 Å². The number of ether oxygens (including phenoxy) is 1. The molecule has 1 heterocycles. The number of piperidine rings is 1. The van der Waals surface area contributed by atoms with Gasteiger partial charge < -0.3 is 15.8 Å². The Morgan fingerprint density at radius 3 is 2.95 bits per heavy atom. The topological polar surface area (TPSA) is 67.6 Å². The molecule has 1 aromatic carbocycles. The highest BCUT2D eigenvalue weighted by molar-refractivity contribution is 6.32.